The van der Waals surface area contributed by atoms with Crippen molar-refractivity contribution < 1.29 is 17.9 Å². The predicted octanol–water partition coefficient (Wildman–Crippen LogP) is 3.16. The highest BCUT2D eigenvalue weighted by molar-refractivity contribution is 5.51. The number of nitrogens with one attached hydrogen (secondary N) is 1. The first-order valence-corrected chi connectivity index (χ1v) is 6.61. The lowest BCUT2D eigenvalue weighted by atomic mass is 10.1. The van der Waals surface area contributed by atoms with Gasteiger partial charge in [0, 0.05) is 30.4 Å². The Morgan fingerprint density at radius 3 is 2.75 bits per heavy atom. The second-order valence-electron chi connectivity index (χ2n) is 5.63. The van der Waals surface area contributed by atoms with Crippen molar-refractivity contribution in [2.75, 3.05) is 24.5 Å². The third-order valence-corrected chi connectivity index (χ3v) is 3.21. The van der Waals surface area contributed by atoms with E-state index in [-0.39, 0.29) is 11.3 Å². The minimum absolute atomic E-state index is 0.0720. The molecule has 3 nitrogen and oxygen atoms in total. The van der Waals surface area contributed by atoms with Gasteiger partial charge in [-0.1, -0.05) is 6.07 Å². The highest BCUT2D eigenvalue weighted by Gasteiger charge is 2.31. The number of hydrogen-bond acceptors (Lipinski definition) is 3. The van der Waals surface area contributed by atoms with Crippen molar-refractivity contribution in [1.29, 1.82) is 0 Å². The van der Waals surface area contributed by atoms with Crippen LogP contribution in [-0.4, -0.2) is 31.5 Å². The fraction of sp³-hybridized carbons (Fsp3) is 0.571. The van der Waals surface area contributed by atoms with Gasteiger partial charge in [0.15, 0.2) is 0 Å². The van der Waals surface area contributed by atoms with Crippen LogP contribution in [0.4, 0.5) is 18.9 Å². The predicted molar refractivity (Wildman–Crippen MR) is 72.0 cm³/mol. The van der Waals surface area contributed by atoms with Crippen LogP contribution in [0.1, 0.15) is 20.3 Å². The maximum absolute atomic E-state index is 12.3. The molecule has 0 aliphatic carbocycles. The molecule has 0 radical (unpaired) electrons. The van der Waals surface area contributed by atoms with Crippen molar-refractivity contribution in [2.24, 2.45) is 0 Å². The third-order valence-electron chi connectivity index (χ3n) is 3.21. The van der Waals surface area contributed by atoms with Crippen molar-refractivity contribution in [2.45, 2.75) is 32.2 Å². The van der Waals surface area contributed by atoms with E-state index in [0.717, 1.165) is 31.7 Å². The van der Waals surface area contributed by atoms with Gasteiger partial charge >= 0.3 is 6.36 Å². The Balaban J connectivity index is 2.17. The SMILES string of the molecule is CC1(C)CN(c2cccc(OC(F)(F)F)c2)CCCN1. The van der Waals surface area contributed by atoms with Gasteiger partial charge in [0.05, 0.1) is 0 Å². The number of hydrogen-bond donors (Lipinski definition) is 1. The average molecular weight is 288 g/mol. The van der Waals surface area contributed by atoms with Crippen LogP contribution in [0, 0.1) is 0 Å². The van der Waals surface area contributed by atoms with E-state index in [1.165, 1.54) is 12.1 Å². The minimum Gasteiger partial charge on any atom is -0.406 e. The number of ether oxygens (including phenoxy) is 1. The molecule has 0 aromatic heterocycles. The zero-order valence-electron chi connectivity index (χ0n) is 11.6. The molecule has 1 N–H and O–H groups in total. The summed E-state index contributed by atoms with van der Waals surface area (Å²) in [5.74, 6) is -0.176. The van der Waals surface area contributed by atoms with Gasteiger partial charge in [0.1, 0.15) is 5.75 Å². The van der Waals surface area contributed by atoms with E-state index in [2.05, 4.69) is 28.8 Å². The van der Waals surface area contributed by atoms with E-state index in [1.807, 2.05) is 6.07 Å². The molecule has 2 rings (SSSR count). The second-order valence-corrected chi connectivity index (χ2v) is 5.63. The monoisotopic (exact) mass is 288 g/mol. The molecule has 0 saturated carbocycles. The fourth-order valence-electron chi connectivity index (χ4n) is 2.41. The molecule has 6 heteroatoms. The molecule has 1 heterocycles. The van der Waals surface area contributed by atoms with E-state index in [1.54, 1.807) is 6.07 Å². The van der Waals surface area contributed by atoms with Gasteiger partial charge in [-0.15, -0.1) is 13.2 Å². The van der Waals surface area contributed by atoms with Crippen LogP contribution in [0.25, 0.3) is 0 Å². The van der Waals surface area contributed by atoms with Crippen LogP contribution in [0.15, 0.2) is 24.3 Å². The molecule has 0 unspecified atom stereocenters. The topological polar surface area (TPSA) is 24.5 Å². The van der Waals surface area contributed by atoms with Gasteiger partial charge < -0.3 is 15.0 Å². The molecule has 1 aliphatic rings. The molecule has 0 atom stereocenters. The first-order chi connectivity index (χ1) is 9.25. The molecule has 0 bridgehead atoms. The lowest BCUT2D eigenvalue weighted by Crippen LogP contribution is -2.46. The molecule has 0 spiro atoms. The summed E-state index contributed by atoms with van der Waals surface area (Å²) in [6.07, 6.45) is -3.70. The number of anilines is 1. The number of halogens is 3. The first-order valence-electron chi connectivity index (χ1n) is 6.61. The van der Waals surface area contributed by atoms with Crippen LogP contribution in [-0.2, 0) is 0 Å². The number of rotatable bonds is 2. The Bertz CT molecular complexity index is 460. The van der Waals surface area contributed by atoms with Crippen molar-refractivity contribution in [3.8, 4) is 5.75 Å². The minimum atomic E-state index is -4.65. The summed E-state index contributed by atoms with van der Waals surface area (Å²) in [6, 6.07) is 6.15. The lowest BCUT2D eigenvalue weighted by molar-refractivity contribution is -0.274. The number of alkyl halides is 3. The summed E-state index contributed by atoms with van der Waals surface area (Å²) in [6.45, 7) is 6.62. The van der Waals surface area contributed by atoms with Crippen molar-refractivity contribution in [3.63, 3.8) is 0 Å². The highest BCUT2D eigenvalue weighted by Crippen LogP contribution is 2.28. The summed E-state index contributed by atoms with van der Waals surface area (Å²) in [5, 5.41) is 3.42. The summed E-state index contributed by atoms with van der Waals surface area (Å²) in [4.78, 5) is 2.09. The van der Waals surface area contributed by atoms with Gasteiger partial charge in [-0.05, 0) is 38.9 Å². The molecular weight excluding hydrogens is 269 g/mol. The van der Waals surface area contributed by atoms with Gasteiger partial charge in [0.2, 0.25) is 0 Å². The van der Waals surface area contributed by atoms with Crippen molar-refractivity contribution in [3.05, 3.63) is 24.3 Å². The molecular formula is C14H19F3N2O. The molecule has 20 heavy (non-hydrogen) atoms. The molecule has 1 aromatic carbocycles. The third kappa shape index (κ3) is 4.30. The van der Waals surface area contributed by atoms with Gasteiger partial charge in [-0.25, -0.2) is 0 Å². The first kappa shape index (κ1) is 15.0. The molecule has 1 aliphatic heterocycles. The molecule has 112 valence electrons. The van der Waals surface area contributed by atoms with Crippen LogP contribution >= 0.6 is 0 Å². The highest BCUT2D eigenvalue weighted by atomic mass is 19.4. The van der Waals surface area contributed by atoms with E-state index >= 15 is 0 Å². The van der Waals surface area contributed by atoms with E-state index in [4.69, 9.17) is 0 Å². The standard InChI is InChI=1S/C14H19F3N2O/c1-13(2)10-19(8-4-7-18-13)11-5-3-6-12(9-11)20-14(15,16)17/h3,5-6,9,18H,4,7-8,10H2,1-2H3. The van der Waals surface area contributed by atoms with Gasteiger partial charge in [0.25, 0.3) is 0 Å². The summed E-state index contributed by atoms with van der Waals surface area (Å²) < 4.78 is 40.7. The lowest BCUT2D eigenvalue weighted by Gasteiger charge is -2.31. The Kier molecular flexibility index (Phi) is 4.13. The molecule has 1 saturated heterocycles. The van der Waals surface area contributed by atoms with E-state index in [9.17, 15) is 13.2 Å². The van der Waals surface area contributed by atoms with Crippen LogP contribution < -0.4 is 15.0 Å². The van der Waals surface area contributed by atoms with Gasteiger partial charge in [-0.3, -0.25) is 0 Å². The number of nitrogens with zero attached hydrogens (tertiary/aromatic N) is 1. The van der Waals surface area contributed by atoms with Gasteiger partial charge in [-0.2, -0.15) is 0 Å². The smallest absolute Gasteiger partial charge is 0.406 e. The zero-order valence-corrected chi connectivity index (χ0v) is 11.6. The number of benzene rings is 1. The normalized spacial score (nSPS) is 19.6. The summed E-state index contributed by atoms with van der Waals surface area (Å²) >= 11 is 0. The van der Waals surface area contributed by atoms with Crippen LogP contribution in [0.5, 0.6) is 5.75 Å². The van der Waals surface area contributed by atoms with Crippen LogP contribution in [0.3, 0.4) is 0 Å². The second kappa shape index (κ2) is 5.52. The van der Waals surface area contributed by atoms with Crippen molar-refractivity contribution >= 4 is 5.69 Å². The molecule has 1 aromatic rings. The Morgan fingerprint density at radius 1 is 1.30 bits per heavy atom. The molecule has 0 amide bonds. The summed E-state index contributed by atoms with van der Waals surface area (Å²) in [7, 11) is 0. The average Bonchev–Trinajstić information content (AvgIpc) is 2.48. The Hall–Kier alpha value is -1.43. The largest absolute Gasteiger partial charge is 0.573 e. The quantitative estimate of drug-likeness (QED) is 0.904. The summed E-state index contributed by atoms with van der Waals surface area (Å²) in [5.41, 5.74) is 0.681. The van der Waals surface area contributed by atoms with Crippen molar-refractivity contribution in [1.82, 2.24) is 5.32 Å². The zero-order chi connectivity index (χ0) is 14.8. The fourth-order valence-corrected chi connectivity index (χ4v) is 2.41. The Morgan fingerprint density at radius 2 is 2.05 bits per heavy atom. The van der Waals surface area contributed by atoms with E-state index < -0.39 is 6.36 Å². The maximum Gasteiger partial charge on any atom is 0.573 e. The molecule has 1 fully saturated rings. The van der Waals surface area contributed by atoms with E-state index in [0.29, 0.717) is 0 Å². The Labute approximate surface area is 116 Å². The maximum atomic E-state index is 12.3. The van der Waals surface area contributed by atoms with Crippen LogP contribution in [0.2, 0.25) is 0 Å².